The molecule has 0 bridgehead atoms. The molecule has 0 N–H and O–H groups in total. The first-order chi connectivity index (χ1) is 10.1. The first-order valence-corrected chi connectivity index (χ1v) is 7.82. The van der Waals surface area contributed by atoms with E-state index in [2.05, 4.69) is 0 Å². The van der Waals surface area contributed by atoms with Crippen molar-refractivity contribution >= 4 is 23.4 Å². The molecule has 4 nitrogen and oxygen atoms in total. The Morgan fingerprint density at radius 1 is 1.10 bits per heavy atom. The van der Waals surface area contributed by atoms with Crippen molar-refractivity contribution in [1.29, 1.82) is 0 Å². The molecule has 2 aliphatic rings. The molecule has 1 saturated carbocycles. The van der Waals surface area contributed by atoms with Gasteiger partial charge in [0.15, 0.2) is 0 Å². The summed E-state index contributed by atoms with van der Waals surface area (Å²) in [6.07, 6.45) is 2.44. The van der Waals surface area contributed by atoms with Gasteiger partial charge in [-0.15, -0.1) is 0 Å². The van der Waals surface area contributed by atoms with Gasteiger partial charge in [0.25, 0.3) is 0 Å². The van der Waals surface area contributed by atoms with Crippen molar-refractivity contribution in [2.75, 3.05) is 26.2 Å². The lowest BCUT2D eigenvalue weighted by Crippen LogP contribution is -2.51. The average Bonchev–Trinajstić information content (AvgIpc) is 3.31. The van der Waals surface area contributed by atoms with E-state index in [1.807, 2.05) is 28.0 Å². The second-order valence-corrected chi connectivity index (χ2v) is 6.22. The highest BCUT2D eigenvalue weighted by Gasteiger charge is 2.35. The maximum Gasteiger partial charge on any atom is 0.227 e. The van der Waals surface area contributed by atoms with Gasteiger partial charge < -0.3 is 9.80 Å². The Labute approximate surface area is 129 Å². The van der Waals surface area contributed by atoms with E-state index in [9.17, 15) is 9.59 Å². The topological polar surface area (TPSA) is 40.6 Å². The van der Waals surface area contributed by atoms with Crippen LogP contribution in [-0.2, 0) is 16.0 Å². The summed E-state index contributed by atoms with van der Waals surface area (Å²) in [7, 11) is 0. The summed E-state index contributed by atoms with van der Waals surface area (Å²) in [4.78, 5) is 28.0. The summed E-state index contributed by atoms with van der Waals surface area (Å²) in [6, 6.07) is 7.40. The van der Waals surface area contributed by atoms with Gasteiger partial charge in [0.2, 0.25) is 11.8 Å². The fourth-order valence-corrected chi connectivity index (χ4v) is 2.91. The van der Waals surface area contributed by atoms with Gasteiger partial charge >= 0.3 is 0 Å². The molecule has 1 saturated heterocycles. The Kier molecular flexibility index (Phi) is 4.15. The third-order valence-electron chi connectivity index (χ3n) is 4.12. The third-order valence-corrected chi connectivity index (χ3v) is 4.35. The van der Waals surface area contributed by atoms with Crippen LogP contribution >= 0.6 is 11.6 Å². The fourth-order valence-electron chi connectivity index (χ4n) is 2.70. The van der Waals surface area contributed by atoms with E-state index < -0.39 is 0 Å². The molecule has 0 unspecified atom stereocenters. The molecule has 2 fully saturated rings. The molecule has 0 atom stereocenters. The van der Waals surface area contributed by atoms with Crippen molar-refractivity contribution in [3.63, 3.8) is 0 Å². The van der Waals surface area contributed by atoms with Crippen LogP contribution in [-0.4, -0.2) is 47.8 Å². The highest BCUT2D eigenvalue weighted by Crippen LogP contribution is 2.31. The zero-order valence-electron chi connectivity index (χ0n) is 11.9. The van der Waals surface area contributed by atoms with Crippen LogP contribution in [0.5, 0.6) is 0 Å². The van der Waals surface area contributed by atoms with E-state index in [-0.39, 0.29) is 17.7 Å². The minimum absolute atomic E-state index is 0.107. The van der Waals surface area contributed by atoms with Crippen molar-refractivity contribution in [3.8, 4) is 0 Å². The lowest BCUT2D eigenvalue weighted by Gasteiger charge is -2.35. The standard InChI is InChI=1S/C16H19ClN2O2/c17-14-3-1-2-12(10-14)11-15(20)18-6-8-19(9-7-18)16(21)13-4-5-13/h1-3,10,13H,4-9,11H2. The van der Waals surface area contributed by atoms with Crippen LogP contribution in [0, 0.1) is 5.92 Å². The second kappa shape index (κ2) is 6.06. The number of carbonyl (C=O) groups is 2. The number of carbonyl (C=O) groups excluding carboxylic acids is 2. The van der Waals surface area contributed by atoms with Gasteiger partial charge in [-0.3, -0.25) is 9.59 Å². The van der Waals surface area contributed by atoms with Crippen molar-refractivity contribution in [2.45, 2.75) is 19.3 Å². The van der Waals surface area contributed by atoms with Crippen molar-refractivity contribution in [2.24, 2.45) is 5.92 Å². The fraction of sp³-hybridized carbons (Fsp3) is 0.500. The zero-order chi connectivity index (χ0) is 14.8. The summed E-state index contributed by atoms with van der Waals surface area (Å²) in [5, 5.41) is 0.653. The third kappa shape index (κ3) is 3.56. The molecule has 5 heteroatoms. The molecule has 2 amide bonds. The van der Waals surface area contributed by atoms with Gasteiger partial charge in [-0.1, -0.05) is 23.7 Å². The van der Waals surface area contributed by atoms with Crippen LogP contribution in [0.25, 0.3) is 0 Å². The number of benzene rings is 1. The predicted molar refractivity (Wildman–Crippen MR) is 81.0 cm³/mol. The molecule has 1 aromatic carbocycles. The van der Waals surface area contributed by atoms with Gasteiger partial charge in [0, 0.05) is 37.1 Å². The SMILES string of the molecule is O=C(Cc1cccc(Cl)c1)N1CCN(C(=O)C2CC2)CC1. The largest absolute Gasteiger partial charge is 0.339 e. The minimum Gasteiger partial charge on any atom is -0.339 e. The normalized spacial score (nSPS) is 18.7. The molecule has 1 aliphatic heterocycles. The van der Waals surface area contributed by atoms with Crippen molar-refractivity contribution in [1.82, 2.24) is 9.80 Å². The first kappa shape index (κ1) is 14.4. The first-order valence-electron chi connectivity index (χ1n) is 7.44. The molecule has 3 rings (SSSR count). The van der Waals surface area contributed by atoms with E-state index in [0.29, 0.717) is 37.6 Å². The Bertz CT molecular complexity index is 549. The monoisotopic (exact) mass is 306 g/mol. The molecule has 0 aromatic heterocycles. The van der Waals surface area contributed by atoms with Crippen LogP contribution in [0.15, 0.2) is 24.3 Å². The van der Waals surface area contributed by atoms with Crippen molar-refractivity contribution < 1.29 is 9.59 Å². The van der Waals surface area contributed by atoms with E-state index in [4.69, 9.17) is 11.6 Å². The Morgan fingerprint density at radius 3 is 2.38 bits per heavy atom. The summed E-state index contributed by atoms with van der Waals surface area (Å²) in [5.74, 6) is 0.645. The summed E-state index contributed by atoms with van der Waals surface area (Å²) >= 11 is 5.93. The van der Waals surface area contributed by atoms with E-state index in [0.717, 1.165) is 18.4 Å². The number of hydrogen-bond acceptors (Lipinski definition) is 2. The number of amides is 2. The van der Waals surface area contributed by atoms with Crippen LogP contribution in [0.2, 0.25) is 5.02 Å². The van der Waals surface area contributed by atoms with Crippen LogP contribution in [0.4, 0.5) is 0 Å². The van der Waals surface area contributed by atoms with E-state index in [1.54, 1.807) is 6.07 Å². The smallest absolute Gasteiger partial charge is 0.227 e. The lowest BCUT2D eigenvalue weighted by molar-refractivity contribution is -0.140. The molecule has 21 heavy (non-hydrogen) atoms. The Balaban J connectivity index is 1.51. The average molecular weight is 307 g/mol. The van der Waals surface area contributed by atoms with Gasteiger partial charge in [-0.25, -0.2) is 0 Å². The maximum absolute atomic E-state index is 12.3. The minimum atomic E-state index is 0.107. The molecule has 0 spiro atoms. The molecule has 1 heterocycles. The van der Waals surface area contributed by atoms with Crippen LogP contribution in [0.1, 0.15) is 18.4 Å². The number of halogens is 1. The molecule has 112 valence electrons. The summed E-state index contributed by atoms with van der Waals surface area (Å²) < 4.78 is 0. The molecule has 0 radical (unpaired) electrons. The molecular weight excluding hydrogens is 288 g/mol. The number of nitrogens with zero attached hydrogens (tertiary/aromatic N) is 2. The molecule has 1 aromatic rings. The highest BCUT2D eigenvalue weighted by atomic mass is 35.5. The van der Waals surface area contributed by atoms with E-state index in [1.165, 1.54) is 0 Å². The quantitative estimate of drug-likeness (QED) is 0.856. The zero-order valence-corrected chi connectivity index (χ0v) is 12.7. The van der Waals surface area contributed by atoms with Crippen LogP contribution < -0.4 is 0 Å². The van der Waals surface area contributed by atoms with Gasteiger partial charge in [-0.05, 0) is 30.5 Å². The lowest BCUT2D eigenvalue weighted by atomic mass is 10.1. The van der Waals surface area contributed by atoms with Crippen LogP contribution in [0.3, 0.4) is 0 Å². The Morgan fingerprint density at radius 2 is 1.76 bits per heavy atom. The van der Waals surface area contributed by atoms with E-state index >= 15 is 0 Å². The van der Waals surface area contributed by atoms with Gasteiger partial charge in [0.05, 0.1) is 6.42 Å². The van der Waals surface area contributed by atoms with Crippen molar-refractivity contribution in [3.05, 3.63) is 34.9 Å². The molecular formula is C16H19ClN2O2. The maximum atomic E-state index is 12.3. The van der Waals surface area contributed by atoms with Gasteiger partial charge in [-0.2, -0.15) is 0 Å². The Hall–Kier alpha value is -1.55. The number of rotatable bonds is 3. The molecule has 1 aliphatic carbocycles. The summed E-state index contributed by atoms with van der Waals surface area (Å²) in [6.45, 7) is 2.60. The number of piperazine rings is 1. The highest BCUT2D eigenvalue weighted by molar-refractivity contribution is 6.30. The summed E-state index contributed by atoms with van der Waals surface area (Å²) in [5.41, 5.74) is 0.934. The second-order valence-electron chi connectivity index (χ2n) is 5.79. The van der Waals surface area contributed by atoms with Gasteiger partial charge in [0.1, 0.15) is 0 Å². The number of hydrogen-bond donors (Lipinski definition) is 0. The predicted octanol–water partition coefficient (Wildman–Crippen LogP) is 1.96.